The number of methoxy groups -OCH3 is 1. The van der Waals surface area contributed by atoms with Crippen LogP contribution in [0.1, 0.15) is 52.2 Å². The molecule has 8 heteroatoms. The van der Waals surface area contributed by atoms with Crippen molar-refractivity contribution < 1.29 is 13.9 Å². The summed E-state index contributed by atoms with van der Waals surface area (Å²) in [5.74, 6) is 2.43. The molecule has 1 fully saturated rings. The number of likely N-dealkylation sites (tertiary alicyclic amines) is 1. The molecule has 1 saturated heterocycles. The number of carbonyl (C=O) groups excluding carboxylic acids is 1. The fraction of sp³-hybridized carbons (Fsp3) is 0.409. The second kappa shape index (κ2) is 8.71. The van der Waals surface area contributed by atoms with Gasteiger partial charge in [-0.25, -0.2) is 4.98 Å². The quantitative estimate of drug-likeness (QED) is 0.645. The lowest BCUT2D eigenvalue weighted by Crippen LogP contribution is -2.34. The molecule has 1 aliphatic rings. The van der Waals surface area contributed by atoms with Crippen molar-refractivity contribution in [1.29, 1.82) is 0 Å². The lowest BCUT2D eigenvalue weighted by atomic mass is 9.94. The predicted molar refractivity (Wildman–Crippen MR) is 113 cm³/mol. The van der Waals surface area contributed by atoms with E-state index in [9.17, 15) is 4.79 Å². The number of anilines is 1. The Hall–Kier alpha value is -3.13. The van der Waals surface area contributed by atoms with Crippen LogP contribution >= 0.6 is 0 Å². The second-order valence-corrected chi connectivity index (χ2v) is 7.70. The predicted octanol–water partition coefficient (Wildman–Crippen LogP) is 3.66. The Balaban J connectivity index is 1.43. The maximum Gasteiger partial charge on any atom is 0.255 e. The number of oxazole rings is 1. The molecular formula is C22H27N5O3. The molecule has 1 aromatic carbocycles. The molecule has 1 aliphatic heterocycles. The summed E-state index contributed by atoms with van der Waals surface area (Å²) >= 11 is 0. The van der Waals surface area contributed by atoms with E-state index in [1.807, 2.05) is 13.8 Å². The van der Waals surface area contributed by atoms with E-state index in [4.69, 9.17) is 9.15 Å². The number of aromatic amines is 1. The highest BCUT2D eigenvalue weighted by Gasteiger charge is 2.26. The Morgan fingerprint density at radius 2 is 2.13 bits per heavy atom. The Bertz CT molecular complexity index is 989. The Morgan fingerprint density at radius 3 is 2.83 bits per heavy atom. The molecule has 0 spiro atoms. The zero-order valence-electron chi connectivity index (χ0n) is 17.6. The normalized spacial score (nSPS) is 17.1. The molecule has 2 aromatic heterocycles. The summed E-state index contributed by atoms with van der Waals surface area (Å²) in [6, 6.07) is 7.04. The van der Waals surface area contributed by atoms with Crippen molar-refractivity contribution in [3.05, 3.63) is 59.1 Å². The number of amides is 1. The van der Waals surface area contributed by atoms with Gasteiger partial charge in [-0.05, 0) is 57.5 Å². The average Bonchev–Trinajstić information content (AvgIpc) is 3.34. The molecule has 0 saturated carbocycles. The third-order valence-electron chi connectivity index (χ3n) is 5.61. The number of benzene rings is 1. The average molecular weight is 409 g/mol. The van der Waals surface area contributed by atoms with Crippen molar-refractivity contribution in [1.82, 2.24) is 20.1 Å². The minimum absolute atomic E-state index is 0.168. The summed E-state index contributed by atoms with van der Waals surface area (Å²) in [5.41, 5.74) is 3.20. The third kappa shape index (κ3) is 4.38. The topological polar surface area (TPSA) is 96.3 Å². The largest absolute Gasteiger partial charge is 0.497 e. The third-order valence-corrected chi connectivity index (χ3v) is 5.61. The monoisotopic (exact) mass is 409 g/mol. The minimum atomic E-state index is -0.168. The van der Waals surface area contributed by atoms with Gasteiger partial charge < -0.3 is 14.5 Å². The molecule has 8 nitrogen and oxygen atoms in total. The number of hydrogen-bond acceptors (Lipinski definition) is 6. The van der Waals surface area contributed by atoms with E-state index in [1.165, 1.54) is 0 Å². The number of ether oxygens (including phenoxy) is 1. The van der Waals surface area contributed by atoms with E-state index >= 15 is 0 Å². The number of aryl methyl sites for hydroxylation is 2. The van der Waals surface area contributed by atoms with Crippen LogP contribution in [0.3, 0.4) is 0 Å². The van der Waals surface area contributed by atoms with Gasteiger partial charge in [-0.1, -0.05) is 0 Å². The van der Waals surface area contributed by atoms with Gasteiger partial charge in [-0.3, -0.25) is 14.8 Å². The standard InChI is InChI=1S/C22H27N5O3/c1-14-15(2)30-20(24-14)13-27-10-4-5-17(12-27)21-19(11-23-26-21)25-22(28)16-6-8-18(29-3)9-7-16/h6-9,11,17H,4-5,10,12-13H2,1-3H3,(H,23,26)(H,25,28)/t17-/m1/s1. The van der Waals surface area contributed by atoms with Crippen LogP contribution in [0.2, 0.25) is 0 Å². The van der Waals surface area contributed by atoms with Crippen molar-refractivity contribution in [2.24, 2.45) is 0 Å². The van der Waals surface area contributed by atoms with Crippen LogP contribution in [-0.2, 0) is 6.54 Å². The number of nitrogens with zero attached hydrogens (tertiary/aromatic N) is 3. The first kappa shape index (κ1) is 20.2. The Morgan fingerprint density at radius 1 is 1.33 bits per heavy atom. The van der Waals surface area contributed by atoms with E-state index in [-0.39, 0.29) is 11.8 Å². The van der Waals surface area contributed by atoms with Crippen molar-refractivity contribution in [3.63, 3.8) is 0 Å². The van der Waals surface area contributed by atoms with Crippen molar-refractivity contribution in [2.75, 3.05) is 25.5 Å². The highest BCUT2D eigenvalue weighted by Crippen LogP contribution is 2.31. The number of nitrogens with one attached hydrogen (secondary N) is 2. The van der Waals surface area contributed by atoms with Gasteiger partial charge >= 0.3 is 0 Å². The first-order valence-corrected chi connectivity index (χ1v) is 10.2. The maximum atomic E-state index is 12.7. The number of rotatable bonds is 6. The first-order valence-electron chi connectivity index (χ1n) is 10.2. The lowest BCUT2D eigenvalue weighted by Gasteiger charge is -2.31. The van der Waals surface area contributed by atoms with Crippen molar-refractivity contribution >= 4 is 11.6 Å². The van der Waals surface area contributed by atoms with E-state index in [0.29, 0.717) is 17.9 Å². The van der Waals surface area contributed by atoms with E-state index in [0.717, 1.165) is 54.7 Å². The SMILES string of the molecule is COc1ccc(C(=O)Nc2cn[nH]c2[C@@H]2CCCN(Cc3nc(C)c(C)o3)C2)cc1. The molecule has 4 rings (SSSR count). The number of piperidine rings is 1. The smallest absolute Gasteiger partial charge is 0.255 e. The Labute approximate surface area is 175 Å². The van der Waals surface area contributed by atoms with Gasteiger partial charge in [0.25, 0.3) is 5.91 Å². The Kier molecular flexibility index (Phi) is 5.85. The molecule has 2 N–H and O–H groups in total. The first-order chi connectivity index (χ1) is 14.5. The zero-order chi connectivity index (χ0) is 21.1. The van der Waals surface area contributed by atoms with Crippen molar-refractivity contribution in [2.45, 2.75) is 39.2 Å². The van der Waals surface area contributed by atoms with E-state index < -0.39 is 0 Å². The van der Waals surface area contributed by atoms with Crippen LogP contribution in [-0.4, -0.2) is 46.2 Å². The molecule has 0 unspecified atom stereocenters. The number of hydrogen-bond donors (Lipinski definition) is 2. The number of carbonyl (C=O) groups is 1. The van der Waals surface area contributed by atoms with Gasteiger partial charge in [0.15, 0.2) is 0 Å². The fourth-order valence-electron chi connectivity index (χ4n) is 3.88. The maximum absolute atomic E-state index is 12.7. The summed E-state index contributed by atoms with van der Waals surface area (Å²) < 4.78 is 10.9. The van der Waals surface area contributed by atoms with Crippen LogP contribution < -0.4 is 10.1 Å². The molecule has 0 aliphatic carbocycles. The molecule has 0 radical (unpaired) electrons. The van der Waals surface area contributed by atoms with E-state index in [2.05, 4.69) is 25.4 Å². The highest BCUT2D eigenvalue weighted by molar-refractivity contribution is 6.04. The molecule has 30 heavy (non-hydrogen) atoms. The molecule has 3 heterocycles. The number of aromatic nitrogens is 3. The zero-order valence-corrected chi connectivity index (χ0v) is 17.6. The van der Waals surface area contributed by atoms with E-state index in [1.54, 1.807) is 37.6 Å². The molecule has 1 atom stereocenters. The van der Waals surface area contributed by atoms with Crippen LogP contribution in [0.25, 0.3) is 0 Å². The summed E-state index contributed by atoms with van der Waals surface area (Å²) in [7, 11) is 1.60. The van der Waals surface area contributed by atoms with Crippen LogP contribution in [0.5, 0.6) is 5.75 Å². The van der Waals surface area contributed by atoms with Gasteiger partial charge in [-0.2, -0.15) is 5.10 Å². The van der Waals surface area contributed by atoms with Gasteiger partial charge in [0.1, 0.15) is 11.5 Å². The highest BCUT2D eigenvalue weighted by atomic mass is 16.5. The summed E-state index contributed by atoms with van der Waals surface area (Å²) in [5, 5.41) is 10.3. The van der Waals surface area contributed by atoms with Gasteiger partial charge in [-0.15, -0.1) is 0 Å². The summed E-state index contributed by atoms with van der Waals surface area (Å²) in [6.45, 7) is 6.44. The molecule has 3 aromatic rings. The summed E-state index contributed by atoms with van der Waals surface area (Å²) in [4.78, 5) is 19.5. The number of H-pyrrole nitrogens is 1. The van der Waals surface area contributed by atoms with Crippen LogP contribution in [0.15, 0.2) is 34.9 Å². The van der Waals surface area contributed by atoms with Crippen LogP contribution in [0, 0.1) is 13.8 Å². The lowest BCUT2D eigenvalue weighted by molar-refractivity contribution is 0.102. The van der Waals surface area contributed by atoms with Gasteiger partial charge in [0, 0.05) is 18.0 Å². The van der Waals surface area contributed by atoms with Crippen molar-refractivity contribution in [3.8, 4) is 5.75 Å². The minimum Gasteiger partial charge on any atom is -0.497 e. The van der Waals surface area contributed by atoms with Crippen LogP contribution in [0.4, 0.5) is 5.69 Å². The molecule has 158 valence electrons. The summed E-state index contributed by atoms with van der Waals surface area (Å²) in [6.07, 6.45) is 3.78. The van der Waals surface area contributed by atoms with Gasteiger partial charge in [0.05, 0.1) is 36.9 Å². The molecule has 0 bridgehead atoms. The fourth-order valence-corrected chi connectivity index (χ4v) is 3.88. The molecule has 1 amide bonds. The van der Waals surface area contributed by atoms with Gasteiger partial charge in [0.2, 0.25) is 5.89 Å². The second-order valence-electron chi connectivity index (χ2n) is 7.70. The molecular weight excluding hydrogens is 382 g/mol.